The molecule has 0 spiro atoms. The molecule has 0 fully saturated rings. The van der Waals surface area contributed by atoms with Gasteiger partial charge in [0.1, 0.15) is 5.82 Å². The molecule has 0 atom stereocenters. The van der Waals surface area contributed by atoms with E-state index in [1.807, 2.05) is 6.07 Å². The van der Waals surface area contributed by atoms with E-state index in [0.29, 0.717) is 20.7 Å². The molecule has 0 saturated carbocycles. The van der Waals surface area contributed by atoms with Crippen molar-refractivity contribution in [3.63, 3.8) is 0 Å². The van der Waals surface area contributed by atoms with Crippen molar-refractivity contribution in [2.24, 2.45) is 0 Å². The van der Waals surface area contributed by atoms with Gasteiger partial charge in [0.05, 0.1) is 4.47 Å². The van der Waals surface area contributed by atoms with Crippen LogP contribution >= 0.6 is 47.8 Å². The number of hydrogen-bond acceptors (Lipinski definition) is 0. The minimum atomic E-state index is -0.177. The molecule has 0 aliphatic rings. The topological polar surface area (TPSA) is 0 Å². The van der Waals surface area contributed by atoms with Crippen LogP contribution in [0.5, 0.6) is 0 Å². The van der Waals surface area contributed by atoms with Crippen LogP contribution in [0.25, 0.3) is 0 Å². The lowest BCUT2D eigenvalue weighted by molar-refractivity contribution is 0.609. The molecule has 0 amide bonds. The highest BCUT2D eigenvalue weighted by Crippen LogP contribution is 2.25. The van der Waals surface area contributed by atoms with Gasteiger partial charge >= 0.3 is 0 Å². The van der Waals surface area contributed by atoms with Gasteiger partial charge < -0.3 is 0 Å². The number of halogens is 4. The Labute approximate surface area is 95.9 Å². The zero-order chi connectivity index (χ0) is 9.14. The van der Waals surface area contributed by atoms with Crippen LogP contribution in [0.4, 0.5) is 4.39 Å². The summed E-state index contributed by atoms with van der Waals surface area (Å²) < 4.78 is 13.9. The smallest absolute Gasteiger partial charge is 0.141 e. The molecule has 0 N–H and O–H groups in total. The lowest BCUT2D eigenvalue weighted by Crippen LogP contribution is -1.93. The molecular formula is C8H6Br3F. The van der Waals surface area contributed by atoms with Crippen molar-refractivity contribution in [2.45, 2.75) is 10.7 Å². The van der Waals surface area contributed by atoms with Gasteiger partial charge in [-0.2, -0.15) is 0 Å². The highest BCUT2D eigenvalue weighted by atomic mass is 79.9. The van der Waals surface area contributed by atoms with Crippen molar-refractivity contribution < 1.29 is 4.39 Å². The summed E-state index contributed by atoms with van der Waals surface area (Å²) in [5, 5.41) is 1.22. The minimum absolute atomic E-state index is 0.177. The van der Waals surface area contributed by atoms with Crippen LogP contribution in [0, 0.1) is 5.82 Å². The summed E-state index contributed by atoms with van der Waals surface area (Å²) in [4.78, 5) is 0. The highest BCUT2D eigenvalue weighted by molar-refractivity contribution is 9.10. The average Bonchev–Trinajstić information content (AvgIpc) is 2.09. The first kappa shape index (κ1) is 10.7. The third kappa shape index (κ3) is 2.09. The third-order valence-corrected chi connectivity index (χ3v) is 3.35. The van der Waals surface area contributed by atoms with E-state index in [0.717, 1.165) is 5.56 Å². The van der Waals surface area contributed by atoms with Gasteiger partial charge in [-0.05, 0) is 27.6 Å². The van der Waals surface area contributed by atoms with Gasteiger partial charge in [-0.15, -0.1) is 0 Å². The summed E-state index contributed by atoms with van der Waals surface area (Å²) in [6, 6.07) is 3.62. The molecule has 0 aliphatic heterocycles. The van der Waals surface area contributed by atoms with Gasteiger partial charge in [0.2, 0.25) is 0 Å². The second-order valence-corrected chi connectivity index (χ2v) is 4.24. The van der Waals surface area contributed by atoms with Crippen LogP contribution in [0.3, 0.4) is 0 Å². The maximum atomic E-state index is 13.4. The molecule has 0 radical (unpaired) electrons. The van der Waals surface area contributed by atoms with E-state index in [4.69, 9.17) is 0 Å². The maximum Gasteiger partial charge on any atom is 0.141 e. The molecule has 1 rings (SSSR count). The summed E-state index contributed by atoms with van der Waals surface area (Å²) in [6.45, 7) is 0. The van der Waals surface area contributed by atoms with E-state index in [1.165, 1.54) is 0 Å². The summed E-state index contributed by atoms with van der Waals surface area (Å²) in [5.74, 6) is -0.177. The number of alkyl halides is 2. The molecule has 0 saturated heterocycles. The van der Waals surface area contributed by atoms with E-state index in [9.17, 15) is 4.39 Å². The van der Waals surface area contributed by atoms with Crippen LogP contribution in [0.2, 0.25) is 0 Å². The third-order valence-electron chi connectivity index (χ3n) is 1.57. The van der Waals surface area contributed by atoms with Gasteiger partial charge in [0, 0.05) is 16.2 Å². The normalized spacial score (nSPS) is 10.3. The largest absolute Gasteiger partial charge is 0.205 e. The van der Waals surface area contributed by atoms with Gasteiger partial charge in [0.15, 0.2) is 0 Å². The number of hydrogen-bond donors (Lipinski definition) is 0. The Morgan fingerprint density at radius 1 is 1.17 bits per heavy atom. The molecule has 0 aliphatic carbocycles. The first-order valence-corrected chi connectivity index (χ1v) is 6.32. The van der Waals surface area contributed by atoms with Crippen molar-refractivity contribution in [2.75, 3.05) is 0 Å². The van der Waals surface area contributed by atoms with Gasteiger partial charge in [-0.25, -0.2) is 4.39 Å². The lowest BCUT2D eigenvalue weighted by Gasteiger charge is -2.06. The van der Waals surface area contributed by atoms with Crippen molar-refractivity contribution in [3.8, 4) is 0 Å². The van der Waals surface area contributed by atoms with Crippen LogP contribution in [0.15, 0.2) is 16.6 Å². The summed E-state index contributed by atoms with van der Waals surface area (Å²) >= 11 is 9.70. The zero-order valence-electron chi connectivity index (χ0n) is 6.08. The fraction of sp³-hybridized carbons (Fsp3) is 0.250. The second kappa shape index (κ2) is 4.72. The monoisotopic (exact) mass is 358 g/mol. The molecular weight excluding hydrogens is 355 g/mol. The Morgan fingerprint density at radius 3 is 2.33 bits per heavy atom. The fourth-order valence-corrected chi connectivity index (χ4v) is 2.41. The molecule has 0 bridgehead atoms. The highest BCUT2D eigenvalue weighted by Gasteiger charge is 2.09. The SMILES string of the molecule is Fc1c(Br)ccc(CBr)c1CBr. The van der Waals surface area contributed by atoms with Gasteiger partial charge in [-0.1, -0.05) is 37.9 Å². The minimum Gasteiger partial charge on any atom is -0.205 e. The van der Waals surface area contributed by atoms with Crippen molar-refractivity contribution in [1.29, 1.82) is 0 Å². The first-order chi connectivity index (χ1) is 5.70. The number of benzene rings is 1. The molecule has 12 heavy (non-hydrogen) atoms. The Kier molecular flexibility index (Phi) is 4.20. The summed E-state index contributed by atoms with van der Waals surface area (Å²) in [5.41, 5.74) is 1.69. The zero-order valence-corrected chi connectivity index (χ0v) is 10.8. The molecule has 1 aromatic rings. The Morgan fingerprint density at radius 2 is 1.83 bits per heavy atom. The quantitative estimate of drug-likeness (QED) is 0.687. The van der Waals surface area contributed by atoms with Crippen LogP contribution in [-0.4, -0.2) is 0 Å². The van der Waals surface area contributed by atoms with Gasteiger partial charge in [-0.3, -0.25) is 0 Å². The second-order valence-electron chi connectivity index (χ2n) is 2.27. The van der Waals surface area contributed by atoms with Gasteiger partial charge in [0.25, 0.3) is 0 Å². The van der Waals surface area contributed by atoms with E-state index < -0.39 is 0 Å². The summed E-state index contributed by atoms with van der Waals surface area (Å²) in [7, 11) is 0. The molecule has 1 aromatic carbocycles. The predicted molar refractivity (Wildman–Crippen MR) is 59.4 cm³/mol. The predicted octanol–water partition coefficient (Wildman–Crippen LogP) is 4.38. The maximum absolute atomic E-state index is 13.4. The Balaban J connectivity index is 3.25. The Hall–Kier alpha value is 0.590. The molecule has 0 nitrogen and oxygen atoms in total. The average molecular weight is 361 g/mol. The first-order valence-electron chi connectivity index (χ1n) is 3.28. The van der Waals surface area contributed by atoms with E-state index in [-0.39, 0.29) is 5.82 Å². The molecule has 0 unspecified atom stereocenters. The van der Waals surface area contributed by atoms with E-state index in [2.05, 4.69) is 47.8 Å². The molecule has 0 heterocycles. The van der Waals surface area contributed by atoms with E-state index >= 15 is 0 Å². The van der Waals surface area contributed by atoms with Crippen molar-refractivity contribution in [3.05, 3.63) is 33.5 Å². The van der Waals surface area contributed by atoms with Crippen LogP contribution in [0.1, 0.15) is 11.1 Å². The van der Waals surface area contributed by atoms with Crippen LogP contribution in [-0.2, 0) is 10.7 Å². The molecule has 4 heteroatoms. The molecule has 0 aromatic heterocycles. The standard InChI is InChI=1S/C8H6Br3F/c9-3-5-1-2-7(11)8(12)6(5)4-10/h1-2H,3-4H2. The molecule has 66 valence electrons. The summed E-state index contributed by atoms with van der Waals surface area (Å²) in [6.07, 6.45) is 0. The van der Waals surface area contributed by atoms with Crippen molar-refractivity contribution in [1.82, 2.24) is 0 Å². The van der Waals surface area contributed by atoms with Crippen LogP contribution < -0.4 is 0 Å². The van der Waals surface area contributed by atoms with Crippen molar-refractivity contribution >= 4 is 47.8 Å². The lowest BCUT2D eigenvalue weighted by atomic mass is 10.1. The Bertz CT molecular complexity index is 286. The van der Waals surface area contributed by atoms with E-state index in [1.54, 1.807) is 6.07 Å². The number of rotatable bonds is 2. The fourth-order valence-electron chi connectivity index (χ4n) is 0.902.